The second kappa shape index (κ2) is 52.2. The summed E-state index contributed by atoms with van der Waals surface area (Å²) in [5.74, 6) is -4.17. The SMILES string of the molecule is CC(=O)O.CC(=O)O.CC(=O)O.CC(=O)O.CC(=O)O.NCCNCCN.NCCNCCN. The molecule has 0 heterocycles. The first-order valence-corrected chi connectivity index (χ1v) is 9.69. The Morgan fingerprint density at radius 2 is 0.529 bits per heavy atom. The van der Waals surface area contributed by atoms with Gasteiger partial charge in [0.2, 0.25) is 0 Å². The predicted molar refractivity (Wildman–Crippen MR) is 129 cm³/mol. The Hall–Kier alpha value is -2.89. The van der Waals surface area contributed by atoms with Crippen molar-refractivity contribution in [2.45, 2.75) is 34.6 Å². The van der Waals surface area contributed by atoms with E-state index in [-0.39, 0.29) is 0 Å². The normalized spacial score (nSPS) is 7.56. The lowest BCUT2D eigenvalue weighted by molar-refractivity contribution is -0.135. The minimum atomic E-state index is -0.833. The number of hydrogen-bond acceptors (Lipinski definition) is 11. The molecule has 16 nitrogen and oxygen atoms in total. The zero-order valence-corrected chi connectivity index (χ0v) is 20.7. The molecule has 0 saturated heterocycles. The third-order valence-electron chi connectivity index (χ3n) is 1.28. The van der Waals surface area contributed by atoms with Gasteiger partial charge in [0, 0.05) is 87.0 Å². The highest BCUT2D eigenvalue weighted by atomic mass is 16.4. The maximum Gasteiger partial charge on any atom is 0.300 e. The van der Waals surface area contributed by atoms with Crippen molar-refractivity contribution >= 4 is 29.8 Å². The van der Waals surface area contributed by atoms with Gasteiger partial charge in [-0.1, -0.05) is 0 Å². The van der Waals surface area contributed by atoms with Crippen LogP contribution in [0.4, 0.5) is 0 Å². The van der Waals surface area contributed by atoms with Crippen molar-refractivity contribution in [3.05, 3.63) is 0 Å². The molecule has 0 aromatic heterocycles. The molecule has 0 radical (unpaired) electrons. The van der Waals surface area contributed by atoms with Gasteiger partial charge in [0.25, 0.3) is 29.8 Å². The van der Waals surface area contributed by atoms with Gasteiger partial charge >= 0.3 is 0 Å². The summed E-state index contributed by atoms with van der Waals surface area (Å²) in [5.41, 5.74) is 20.7. The first-order chi connectivity index (χ1) is 15.5. The molecule has 15 N–H and O–H groups in total. The van der Waals surface area contributed by atoms with Crippen LogP contribution in [-0.4, -0.2) is 108 Å². The van der Waals surface area contributed by atoms with Crippen molar-refractivity contribution in [2.75, 3.05) is 52.4 Å². The fourth-order valence-electron chi connectivity index (χ4n) is 0.658. The zero-order valence-electron chi connectivity index (χ0n) is 20.7. The van der Waals surface area contributed by atoms with Crippen LogP contribution < -0.4 is 33.6 Å². The topological polar surface area (TPSA) is 315 Å². The van der Waals surface area contributed by atoms with E-state index in [2.05, 4.69) is 10.6 Å². The van der Waals surface area contributed by atoms with E-state index >= 15 is 0 Å². The summed E-state index contributed by atoms with van der Waals surface area (Å²) in [4.78, 5) is 45.0. The summed E-state index contributed by atoms with van der Waals surface area (Å²) in [6.45, 7) is 11.7. The lowest BCUT2D eigenvalue weighted by Gasteiger charge is -1.95. The molecule has 34 heavy (non-hydrogen) atoms. The maximum atomic E-state index is 9.00. The molecule has 0 amide bonds. The molecule has 0 unspecified atom stereocenters. The van der Waals surface area contributed by atoms with Gasteiger partial charge in [0.05, 0.1) is 0 Å². The van der Waals surface area contributed by atoms with E-state index in [0.717, 1.165) is 60.8 Å². The average Bonchev–Trinajstić information content (AvgIpc) is 2.61. The fourth-order valence-corrected chi connectivity index (χ4v) is 0.658. The van der Waals surface area contributed by atoms with Crippen molar-refractivity contribution in [1.29, 1.82) is 0 Å². The highest BCUT2D eigenvalue weighted by Crippen LogP contribution is 1.50. The number of rotatable bonds is 8. The Balaban J connectivity index is -0.0000000510. The van der Waals surface area contributed by atoms with Gasteiger partial charge in [0.1, 0.15) is 0 Å². The van der Waals surface area contributed by atoms with E-state index in [1.807, 2.05) is 0 Å². The Morgan fingerprint density at radius 3 is 0.588 bits per heavy atom. The van der Waals surface area contributed by atoms with E-state index in [1.165, 1.54) is 0 Å². The average molecular weight is 507 g/mol. The van der Waals surface area contributed by atoms with Crippen LogP contribution in [-0.2, 0) is 24.0 Å². The summed E-state index contributed by atoms with van der Waals surface area (Å²) in [5, 5.41) is 43.2. The smallest absolute Gasteiger partial charge is 0.300 e. The van der Waals surface area contributed by atoms with Crippen molar-refractivity contribution in [3.63, 3.8) is 0 Å². The van der Waals surface area contributed by atoms with Crippen molar-refractivity contribution < 1.29 is 49.5 Å². The standard InChI is InChI=1S/2C4H13N3.5C2H4O2/c2*5-1-3-7-4-2-6;5*1-2(3)4/h2*7H,1-6H2;5*1H3,(H,3,4). The molecule has 0 fully saturated rings. The molecule has 0 saturated carbocycles. The van der Waals surface area contributed by atoms with Crippen LogP contribution in [0.1, 0.15) is 34.6 Å². The first-order valence-electron chi connectivity index (χ1n) is 9.69. The Kier molecular flexibility index (Phi) is 74.5. The number of hydrogen-bond donors (Lipinski definition) is 11. The largest absolute Gasteiger partial charge is 0.481 e. The van der Waals surface area contributed by atoms with Crippen LogP contribution in [0.5, 0.6) is 0 Å². The Bertz CT molecular complexity index is 347. The van der Waals surface area contributed by atoms with Gasteiger partial charge < -0.3 is 59.1 Å². The van der Waals surface area contributed by atoms with Crippen LogP contribution in [0.3, 0.4) is 0 Å². The van der Waals surface area contributed by atoms with E-state index in [0.29, 0.717) is 26.2 Å². The summed E-state index contributed by atoms with van der Waals surface area (Å²) in [6, 6.07) is 0. The number of carboxylic acid groups (broad SMARTS) is 5. The molecule has 16 heteroatoms. The molecule has 0 aliphatic heterocycles. The lowest BCUT2D eigenvalue weighted by Crippen LogP contribution is -2.27. The highest BCUT2D eigenvalue weighted by Gasteiger charge is 1.77. The number of carboxylic acids is 5. The fraction of sp³-hybridized carbons (Fsp3) is 0.722. The summed E-state index contributed by atoms with van der Waals surface area (Å²) < 4.78 is 0. The molecule has 0 aliphatic rings. The van der Waals surface area contributed by atoms with E-state index in [9.17, 15) is 0 Å². The number of nitrogens with two attached hydrogens (primary N) is 4. The van der Waals surface area contributed by atoms with Crippen LogP contribution in [0.25, 0.3) is 0 Å². The quantitative estimate of drug-likeness (QED) is 0.151. The molecule has 0 aromatic carbocycles. The van der Waals surface area contributed by atoms with Crippen LogP contribution >= 0.6 is 0 Å². The number of carbonyl (C=O) groups is 5. The Morgan fingerprint density at radius 1 is 0.441 bits per heavy atom. The van der Waals surface area contributed by atoms with Gasteiger partial charge in [-0.3, -0.25) is 24.0 Å². The van der Waals surface area contributed by atoms with E-state index in [4.69, 9.17) is 72.4 Å². The third-order valence-corrected chi connectivity index (χ3v) is 1.28. The summed E-state index contributed by atoms with van der Waals surface area (Å²) in [7, 11) is 0. The molecule has 0 spiro atoms. The molecule has 0 rings (SSSR count). The molecule has 208 valence electrons. The minimum absolute atomic E-state index is 0.694. The summed E-state index contributed by atoms with van der Waals surface area (Å²) >= 11 is 0. The predicted octanol–water partition coefficient (Wildman–Crippen LogP) is -2.56. The Labute approximate surface area is 200 Å². The van der Waals surface area contributed by atoms with Gasteiger partial charge in [-0.05, 0) is 0 Å². The number of aliphatic carboxylic acids is 5. The van der Waals surface area contributed by atoms with Gasteiger partial charge in [0.15, 0.2) is 0 Å². The van der Waals surface area contributed by atoms with Crippen molar-refractivity contribution in [1.82, 2.24) is 10.6 Å². The zero-order chi connectivity index (χ0) is 29.0. The lowest BCUT2D eigenvalue weighted by atomic mass is 10.6. The van der Waals surface area contributed by atoms with Crippen LogP contribution in [0.15, 0.2) is 0 Å². The molecular weight excluding hydrogens is 460 g/mol. The van der Waals surface area contributed by atoms with E-state index in [1.54, 1.807) is 0 Å². The maximum absolute atomic E-state index is 9.00. The van der Waals surface area contributed by atoms with Crippen LogP contribution in [0, 0.1) is 0 Å². The molecule has 0 atom stereocenters. The first kappa shape index (κ1) is 48.5. The van der Waals surface area contributed by atoms with E-state index < -0.39 is 29.8 Å². The molecule has 0 aromatic rings. The van der Waals surface area contributed by atoms with Crippen molar-refractivity contribution in [3.8, 4) is 0 Å². The third kappa shape index (κ3) is 881. The van der Waals surface area contributed by atoms with Gasteiger partial charge in [-0.15, -0.1) is 0 Å². The number of nitrogens with one attached hydrogen (secondary N) is 2. The molecule has 0 bridgehead atoms. The second-order valence-electron chi connectivity index (χ2n) is 5.25. The summed E-state index contributed by atoms with van der Waals surface area (Å²) in [6.07, 6.45) is 0. The monoisotopic (exact) mass is 506 g/mol. The van der Waals surface area contributed by atoms with Gasteiger partial charge in [-0.25, -0.2) is 0 Å². The van der Waals surface area contributed by atoms with Gasteiger partial charge in [-0.2, -0.15) is 0 Å². The molecule has 0 aliphatic carbocycles. The molecular formula is C18H46N6O10. The highest BCUT2D eigenvalue weighted by molar-refractivity contribution is 5.63. The van der Waals surface area contributed by atoms with Crippen molar-refractivity contribution in [2.24, 2.45) is 22.9 Å². The second-order valence-corrected chi connectivity index (χ2v) is 5.25. The van der Waals surface area contributed by atoms with Crippen LogP contribution in [0.2, 0.25) is 0 Å². The minimum Gasteiger partial charge on any atom is -0.481 e.